The van der Waals surface area contributed by atoms with Crippen molar-refractivity contribution in [2.45, 2.75) is 40.0 Å². The van der Waals surface area contributed by atoms with Crippen LogP contribution in [0.4, 0.5) is 0 Å². The van der Waals surface area contributed by atoms with Crippen LogP contribution in [0.1, 0.15) is 40.0 Å². The fourth-order valence-corrected chi connectivity index (χ4v) is 2.46. The van der Waals surface area contributed by atoms with E-state index in [9.17, 15) is 14.9 Å². The van der Waals surface area contributed by atoms with E-state index in [4.69, 9.17) is 4.84 Å². The second-order valence-corrected chi connectivity index (χ2v) is 5.82. The first-order chi connectivity index (χ1) is 9.88. The van der Waals surface area contributed by atoms with Gasteiger partial charge in [-0.15, -0.1) is 6.58 Å². The maximum Gasteiger partial charge on any atom is 0.185 e. The minimum absolute atomic E-state index is 0.0896. The molecule has 0 saturated heterocycles. The number of nitriles is 1. The van der Waals surface area contributed by atoms with E-state index in [1.807, 2.05) is 13.0 Å². The Morgan fingerprint density at radius 3 is 2.76 bits per heavy atom. The van der Waals surface area contributed by atoms with Gasteiger partial charge in [0.25, 0.3) is 0 Å². The van der Waals surface area contributed by atoms with Crippen molar-refractivity contribution in [1.29, 1.82) is 5.26 Å². The van der Waals surface area contributed by atoms with Gasteiger partial charge in [0.05, 0.1) is 23.9 Å². The minimum atomic E-state index is -0.807. The summed E-state index contributed by atoms with van der Waals surface area (Å²) in [6.45, 7) is 9.28. The zero-order valence-electron chi connectivity index (χ0n) is 12.9. The molecule has 0 heterocycles. The zero-order chi connectivity index (χ0) is 16.0. The normalized spacial score (nSPS) is 23.4. The largest absolute Gasteiger partial charge is 0.294 e. The van der Waals surface area contributed by atoms with Crippen LogP contribution >= 0.6 is 0 Å². The Kier molecular flexibility index (Phi) is 5.86. The lowest BCUT2D eigenvalue weighted by molar-refractivity contribution is -0.130. The van der Waals surface area contributed by atoms with Crippen LogP contribution in [0.5, 0.6) is 0 Å². The van der Waals surface area contributed by atoms with Crippen molar-refractivity contribution in [2.75, 3.05) is 6.61 Å². The summed E-state index contributed by atoms with van der Waals surface area (Å²) in [6, 6.07) is 2.04. The molecule has 0 aromatic heterocycles. The monoisotopic (exact) mass is 290 g/mol. The lowest BCUT2D eigenvalue weighted by Gasteiger charge is -2.34. The molecule has 0 spiro atoms. The van der Waals surface area contributed by atoms with Gasteiger partial charge in [-0.2, -0.15) is 5.26 Å². The average Bonchev–Trinajstić information content (AvgIpc) is 2.37. The van der Waals surface area contributed by atoms with Gasteiger partial charge in [0.2, 0.25) is 0 Å². The first kappa shape index (κ1) is 17.1. The van der Waals surface area contributed by atoms with E-state index in [1.54, 1.807) is 19.9 Å². The number of rotatable bonds is 6. The maximum atomic E-state index is 12.5. The van der Waals surface area contributed by atoms with Crippen LogP contribution in [0, 0.1) is 22.7 Å². The molecule has 1 saturated carbocycles. The van der Waals surface area contributed by atoms with Gasteiger partial charge in [0.15, 0.2) is 11.6 Å². The highest BCUT2D eigenvalue weighted by atomic mass is 16.6. The van der Waals surface area contributed by atoms with Gasteiger partial charge < -0.3 is 0 Å². The van der Waals surface area contributed by atoms with E-state index in [-0.39, 0.29) is 24.4 Å². The van der Waals surface area contributed by atoms with E-state index in [2.05, 4.69) is 12.1 Å². The Hall–Kier alpha value is -1.93. The summed E-state index contributed by atoms with van der Waals surface area (Å²) in [5.74, 6) is -1.44. The van der Waals surface area contributed by atoms with Crippen LogP contribution in [0.25, 0.3) is 0 Å². The Morgan fingerprint density at radius 1 is 1.57 bits per heavy atom. The van der Waals surface area contributed by atoms with E-state index >= 15 is 0 Å². The smallest absolute Gasteiger partial charge is 0.185 e. The molecular formula is C16H22N2O3. The van der Waals surface area contributed by atoms with Crippen molar-refractivity contribution in [2.24, 2.45) is 11.3 Å². The molecular weight excluding hydrogens is 268 g/mol. The topological polar surface area (TPSA) is 79.2 Å². The summed E-state index contributed by atoms with van der Waals surface area (Å²) in [5, 5.41) is 9.26. The van der Waals surface area contributed by atoms with Crippen LogP contribution in [-0.4, -0.2) is 18.2 Å². The quantitative estimate of drug-likeness (QED) is 0.267. The van der Waals surface area contributed by atoms with Crippen molar-refractivity contribution in [3.63, 3.8) is 0 Å². The summed E-state index contributed by atoms with van der Waals surface area (Å²) in [5.41, 5.74) is 2.60. The molecule has 21 heavy (non-hydrogen) atoms. The minimum Gasteiger partial charge on any atom is -0.294 e. The lowest BCUT2D eigenvalue weighted by atomic mass is 9.66. The van der Waals surface area contributed by atoms with E-state index < -0.39 is 17.1 Å². The zero-order valence-corrected chi connectivity index (χ0v) is 12.9. The molecule has 1 aliphatic rings. The standard InChI is InChI=1S/C16H22N2O3/c1-5-7-12(18-21-8-6-2)14-13(19)9-16(3,4)11(10-17)15(14)20/h6,11,18H,2,5,7-9H2,1,3-4H3/b14-12+. The van der Waals surface area contributed by atoms with Gasteiger partial charge in [-0.05, 0) is 11.8 Å². The van der Waals surface area contributed by atoms with Crippen LogP contribution < -0.4 is 5.48 Å². The number of ketones is 2. The van der Waals surface area contributed by atoms with Crippen LogP contribution in [0.2, 0.25) is 0 Å². The Morgan fingerprint density at radius 2 is 2.24 bits per heavy atom. The summed E-state index contributed by atoms with van der Waals surface area (Å²) >= 11 is 0. The SMILES string of the molecule is C=CCON/C(CCC)=C1\C(=O)CC(C)(C)C(C#N)C1=O. The van der Waals surface area contributed by atoms with Gasteiger partial charge in [-0.3, -0.25) is 19.9 Å². The van der Waals surface area contributed by atoms with E-state index in [0.29, 0.717) is 12.1 Å². The number of nitrogens with one attached hydrogen (secondary N) is 1. The molecule has 0 aliphatic heterocycles. The molecule has 5 nitrogen and oxygen atoms in total. The van der Waals surface area contributed by atoms with Crippen molar-refractivity contribution in [1.82, 2.24) is 5.48 Å². The molecule has 1 atom stereocenters. The number of allylic oxidation sites excluding steroid dienone is 2. The van der Waals surface area contributed by atoms with Crippen LogP contribution in [-0.2, 0) is 14.4 Å². The molecule has 5 heteroatoms. The highest BCUT2D eigenvalue weighted by Gasteiger charge is 2.46. The molecule has 114 valence electrons. The van der Waals surface area contributed by atoms with Crippen molar-refractivity contribution < 1.29 is 14.4 Å². The number of carbonyl (C=O) groups is 2. The van der Waals surface area contributed by atoms with Gasteiger partial charge in [0.1, 0.15) is 5.92 Å². The van der Waals surface area contributed by atoms with Gasteiger partial charge in [-0.25, -0.2) is 0 Å². The third-order valence-corrected chi connectivity index (χ3v) is 3.51. The average molecular weight is 290 g/mol. The summed E-state index contributed by atoms with van der Waals surface area (Å²) in [4.78, 5) is 30.0. The molecule has 0 bridgehead atoms. The predicted octanol–water partition coefficient (Wildman–Crippen LogP) is 2.46. The third-order valence-electron chi connectivity index (χ3n) is 3.51. The lowest BCUT2D eigenvalue weighted by Crippen LogP contribution is -2.42. The molecule has 1 N–H and O–H groups in total. The number of hydrogen-bond donors (Lipinski definition) is 1. The number of hydroxylamine groups is 1. The summed E-state index contributed by atoms with van der Waals surface area (Å²) in [6.07, 6.45) is 3.02. The van der Waals surface area contributed by atoms with Gasteiger partial charge in [0, 0.05) is 6.42 Å². The van der Waals surface area contributed by atoms with E-state index in [1.165, 1.54) is 0 Å². The Labute approximate surface area is 125 Å². The summed E-state index contributed by atoms with van der Waals surface area (Å²) in [7, 11) is 0. The Bertz CT molecular complexity index is 512. The number of nitrogens with zero attached hydrogens (tertiary/aromatic N) is 1. The van der Waals surface area contributed by atoms with Crippen molar-refractivity contribution in [3.05, 3.63) is 23.9 Å². The first-order valence-electron chi connectivity index (χ1n) is 7.07. The van der Waals surface area contributed by atoms with Crippen molar-refractivity contribution >= 4 is 11.6 Å². The third kappa shape index (κ3) is 3.79. The molecule has 1 aliphatic carbocycles. The maximum absolute atomic E-state index is 12.5. The number of hydrogen-bond acceptors (Lipinski definition) is 5. The molecule has 0 aromatic carbocycles. The second-order valence-electron chi connectivity index (χ2n) is 5.82. The molecule has 0 aromatic rings. The first-order valence-corrected chi connectivity index (χ1v) is 7.07. The predicted molar refractivity (Wildman–Crippen MR) is 78.7 cm³/mol. The highest BCUT2D eigenvalue weighted by molar-refractivity contribution is 6.24. The van der Waals surface area contributed by atoms with Crippen molar-refractivity contribution in [3.8, 4) is 6.07 Å². The van der Waals surface area contributed by atoms with Gasteiger partial charge in [-0.1, -0.05) is 33.3 Å². The molecule has 1 unspecified atom stereocenters. The molecule has 0 amide bonds. The highest BCUT2D eigenvalue weighted by Crippen LogP contribution is 2.39. The number of Topliss-reactive ketones (excluding diaryl/α,β-unsaturated/α-hetero) is 2. The molecule has 0 radical (unpaired) electrons. The molecule has 1 fully saturated rings. The van der Waals surface area contributed by atoms with Crippen LogP contribution in [0.15, 0.2) is 23.9 Å². The van der Waals surface area contributed by atoms with Crippen LogP contribution in [0.3, 0.4) is 0 Å². The van der Waals surface area contributed by atoms with E-state index in [0.717, 1.165) is 6.42 Å². The molecule has 1 rings (SSSR count). The fraction of sp³-hybridized carbons (Fsp3) is 0.562. The van der Waals surface area contributed by atoms with Gasteiger partial charge >= 0.3 is 0 Å². The fourth-order valence-electron chi connectivity index (χ4n) is 2.46. The second kappa shape index (κ2) is 7.19. The number of carbonyl (C=O) groups excluding carboxylic acids is 2. The Balaban J connectivity index is 3.18. The summed E-state index contributed by atoms with van der Waals surface area (Å²) < 4.78 is 0.